The molecule has 2 aliphatic rings. The van der Waals surface area contributed by atoms with Gasteiger partial charge in [0.1, 0.15) is 18.3 Å². The molecule has 0 aromatic carbocycles. The van der Waals surface area contributed by atoms with Crippen molar-refractivity contribution in [2.45, 2.75) is 44.2 Å². The molecule has 0 amide bonds. The van der Waals surface area contributed by atoms with Crippen molar-refractivity contribution in [2.75, 3.05) is 7.11 Å². The molecule has 0 saturated carbocycles. The summed E-state index contributed by atoms with van der Waals surface area (Å²) in [5.74, 6) is -0.735. The van der Waals surface area contributed by atoms with Crippen LogP contribution < -0.4 is 0 Å². The lowest BCUT2D eigenvalue weighted by atomic mass is 10.1. The third kappa shape index (κ3) is 2.57. The second-order valence-electron chi connectivity index (χ2n) is 4.52. The van der Waals surface area contributed by atoms with E-state index in [2.05, 4.69) is 15.9 Å². The molecule has 18 heavy (non-hydrogen) atoms. The van der Waals surface area contributed by atoms with Gasteiger partial charge < -0.3 is 18.9 Å². The van der Waals surface area contributed by atoms with Gasteiger partial charge in [-0.05, 0) is 13.8 Å². The monoisotopic (exact) mass is 323 g/mol. The maximum Gasteiger partial charge on any atom is 0.309 e. The molecule has 0 aliphatic carbocycles. The number of halogens is 1. The van der Waals surface area contributed by atoms with Crippen molar-refractivity contribution in [3.8, 4) is 0 Å². The fraction of sp³-hybridized carbons (Fsp3) is 0.800. The Morgan fingerprint density at radius 2 is 2.17 bits per heavy atom. The molecule has 2 aliphatic heterocycles. The Labute approximate surface area is 112 Å². The van der Waals surface area contributed by atoms with Crippen LogP contribution in [0.4, 0.5) is 0 Å². The summed E-state index contributed by atoms with van der Waals surface area (Å²) in [6.07, 6.45) is -0.645. The topological polar surface area (TPSA) is 80.1 Å². The number of hydrogen-bond donors (Lipinski definition) is 0. The fourth-order valence-corrected chi connectivity index (χ4v) is 2.36. The van der Waals surface area contributed by atoms with Gasteiger partial charge >= 0.3 is 4.61 Å². The zero-order valence-electron chi connectivity index (χ0n) is 10.2. The quantitative estimate of drug-likeness (QED) is 0.443. The Morgan fingerprint density at radius 3 is 2.72 bits per heavy atom. The van der Waals surface area contributed by atoms with Gasteiger partial charge in [0.15, 0.2) is 12.1 Å². The Hall–Kier alpha value is -0.540. The molecular formula is C10H14BrNO6. The van der Waals surface area contributed by atoms with Crippen molar-refractivity contribution < 1.29 is 23.9 Å². The van der Waals surface area contributed by atoms with Gasteiger partial charge in [0.05, 0.1) is 4.92 Å². The predicted molar refractivity (Wildman–Crippen MR) is 63.5 cm³/mol. The van der Waals surface area contributed by atoms with E-state index in [-0.39, 0.29) is 4.61 Å². The standard InChI is InChI=1S/C10H14BrNO6/c1-10(2)17-8-7(15-3)5(16-9(8)18-10)4-6(11)12(13)14/h4-5,7-9H,1-3H3/b6-4+/t5-,7+,8-,9-/m0/s1. The van der Waals surface area contributed by atoms with E-state index < -0.39 is 35.3 Å². The predicted octanol–water partition coefficient (Wildman–Crippen LogP) is 1.39. The molecule has 0 bridgehead atoms. The number of fused-ring (bicyclic) bond motifs is 1. The smallest absolute Gasteiger partial charge is 0.309 e. The summed E-state index contributed by atoms with van der Waals surface area (Å²) >= 11 is 2.86. The average Bonchev–Trinajstić information content (AvgIpc) is 2.68. The Kier molecular flexibility index (Phi) is 3.75. The van der Waals surface area contributed by atoms with E-state index in [0.29, 0.717) is 0 Å². The number of hydrogen-bond acceptors (Lipinski definition) is 6. The maximum absolute atomic E-state index is 10.6. The summed E-state index contributed by atoms with van der Waals surface area (Å²) in [5, 5.41) is 10.6. The maximum atomic E-state index is 10.6. The van der Waals surface area contributed by atoms with Gasteiger partial charge in [0.25, 0.3) is 0 Å². The molecule has 7 nitrogen and oxygen atoms in total. The van der Waals surface area contributed by atoms with Crippen molar-refractivity contribution in [1.29, 1.82) is 0 Å². The molecule has 2 fully saturated rings. The summed E-state index contributed by atoms with van der Waals surface area (Å²) in [6, 6.07) is 0. The van der Waals surface area contributed by atoms with Crippen LogP contribution in [0.2, 0.25) is 0 Å². The van der Waals surface area contributed by atoms with E-state index in [4.69, 9.17) is 18.9 Å². The fourth-order valence-electron chi connectivity index (χ4n) is 2.10. The minimum Gasteiger partial charge on any atom is -0.375 e. The number of methoxy groups -OCH3 is 1. The summed E-state index contributed by atoms with van der Waals surface area (Å²) in [6.45, 7) is 3.55. The first-order chi connectivity index (χ1) is 8.34. The summed E-state index contributed by atoms with van der Waals surface area (Å²) < 4.78 is 21.9. The van der Waals surface area contributed by atoms with Crippen molar-refractivity contribution in [1.82, 2.24) is 0 Å². The van der Waals surface area contributed by atoms with Gasteiger partial charge in [-0.1, -0.05) is 0 Å². The van der Waals surface area contributed by atoms with Gasteiger partial charge in [-0.2, -0.15) is 0 Å². The third-order valence-corrected chi connectivity index (χ3v) is 3.33. The Morgan fingerprint density at radius 1 is 1.50 bits per heavy atom. The first kappa shape index (κ1) is 13.9. The lowest BCUT2D eigenvalue weighted by Gasteiger charge is -2.23. The highest BCUT2D eigenvalue weighted by Gasteiger charge is 2.54. The number of nitrogens with zero attached hydrogens (tertiary/aromatic N) is 1. The number of nitro groups is 1. The second-order valence-corrected chi connectivity index (χ2v) is 5.33. The largest absolute Gasteiger partial charge is 0.375 e. The summed E-state index contributed by atoms with van der Waals surface area (Å²) in [5.41, 5.74) is 0. The zero-order valence-corrected chi connectivity index (χ0v) is 11.7. The minimum atomic E-state index is -0.735. The van der Waals surface area contributed by atoms with Gasteiger partial charge in [0, 0.05) is 29.1 Å². The molecule has 2 heterocycles. The van der Waals surface area contributed by atoms with Crippen LogP contribution in [0, 0.1) is 10.1 Å². The van der Waals surface area contributed by atoms with Crippen LogP contribution in [0.3, 0.4) is 0 Å². The van der Waals surface area contributed by atoms with E-state index in [9.17, 15) is 10.1 Å². The van der Waals surface area contributed by atoms with Gasteiger partial charge in [-0.15, -0.1) is 0 Å². The van der Waals surface area contributed by atoms with Crippen molar-refractivity contribution in [3.63, 3.8) is 0 Å². The van der Waals surface area contributed by atoms with Crippen molar-refractivity contribution in [3.05, 3.63) is 20.8 Å². The Bertz CT molecular complexity index is 385. The van der Waals surface area contributed by atoms with Gasteiger partial charge in [-0.3, -0.25) is 10.1 Å². The second kappa shape index (κ2) is 4.86. The zero-order chi connectivity index (χ0) is 13.5. The number of rotatable bonds is 3. The highest BCUT2D eigenvalue weighted by atomic mass is 79.9. The molecule has 0 radical (unpaired) electrons. The molecular weight excluding hydrogens is 310 g/mol. The first-order valence-electron chi connectivity index (χ1n) is 5.39. The van der Waals surface area contributed by atoms with E-state index in [1.165, 1.54) is 13.2 Å². The Balaban J connectivity index is 2.14. The van der Waals surface area contributed by atoms with Crippen LogP contribution in [-0.4, -0.2) is 42.4 Å². The molecule has 0 unspecified atom stereocenters. The SMILES string of the molecule is CO[C@H]1[C@@H]2OC(C)(C)O[C@@H]2O[C@H]1/C=C(\Br)[N+](=O)[O-]. The molecule has 102 valence electrons. The third-order valence-electron chi connectivity index (χ3n) is 2.78. The highest BCUT2D eigenvalue weighted by molar-refractivity contribution is 9.11. The summed E-state index contributed by atoms with van der Waals surface area (Å²) in [4.78, 5) is 10.0. The molecule has 4 atom stereocenters. The molecule has 0 aromatic heterocycles. The lowest BCUT2D eigenvalue weighted by molar-refractivity contribution is -0.409. The molecule has 2 rings (SSSR count). The van der Waals surface area contributed by atoms with E-state index in [1.807, 2.05) is 0 Å². The van der Waals surface area contributed by atoms with Crippen LogP contribution in [0.5, 0.6) is 0 Å². The molecule has 0 aromatic rings. The highest BCUT2D eigenvalue weighted by Crippen LogP contribution is 2.39. The molecule has 0 spiro atoms. The van der Waals surface area contributed by atoms with Crippen molar-refractivity contribution >= 4 is 15.9 Å². The van der Waals surface area contributed by atoms with Crippen LogP contribution in [0.15, 0.2) is 10.7 Å². The van der Waals surface area contributed by atoms with Crippen LogP contribution in [0.1, 0.15) is 13.8 Å². The van der Waals surface area contributed by atoms with Gasteiger partial charge in [-0.25, -0.2) is 0 Å². The van der Waals surface area contributed by atoms with Crippen LogP contribution >= 0.6 is 15.9 Å². The molecule has 8 heteroatoms. The molecule has 0 N–H and O–H groups in total. The average molecular weight is 324 g/mol. The number of ether oxygens (including phenoxy) is 4. The van der Waals surface area contributed by atoms with E-state index in [1.54, 1.807) is 13.8 Å². The van der Waals surface area contributed by atoms with E-state index >= 15 is 0 Å². The lowest BCUT2D eigenvalue weighted by Crippen LogP contribution is -2.35. The summed E-state index contributed by atoms with van der Waals surface area (Å²) in [7, 11) is 1.51. The van der Waals surface area contributed by atoms with Gasteiger partial charge in [0.2, 0.25) is 0 Å². The van der Waals surface area contributed by atoms with Crippen LogP contribution in [0.25, 0.3) is 0 Å². The minimum absolute atomic E-state index is 0.172. The van der Waals surface area contributed by atoms with Crippen molar-refractivity contribution in [2.24, 2.45) is 0 Å². The normalized spacial score (nSPS) is 38.8. The van der Waals surface area contributed by atoms with Crippen LogP contribution in [-0.2, 0) is 18.9 Å². The first-order valence-corrected chi connectivity index (χ1v) is 6.19. The molecule has 2 saturated heterocycles. The van der Waals surface area contributed by atoms with E-state index in [0.717, 1.165) is 0 Å².